The molecule has 0 aliphatic carbocycles. The Kier molecular flexibility index (Phi) is 6.53. The Labute approximate surface area is 154 Å². The molecule has 0 saturated heterocycles. The molecule has 0 fully saturated rings. The molecule has 2 aromatic carbocycles. The summed E-state index contributed by atoms with van der Waals surface area (Å²) >= 11 is 0. The van der Waals surface area contributed by atoms with E-state index in [0.717, 1.165) is 0 Å². The molecule has 0 unspecified atom stereocenters. The first-order valence-corrected chi connectivity index (χ1v) is 7.93. The number of nitro benzene ring substituents is 2. The molecule has 2 rings (SSSR count). The lowest BCUT2D eigenvalue weighted by atomic mass is 10.2. The van der Waals surface area contributed by atoms with E-state index in [9.17, 15) is 20.2 Å². The molecule has 0 saturated carbocycles. The Hall–Kier alpha value is -3.82. The van der Waals surface area contributed by atoms with Crippen LogP contribution in [0.4, 0.5) is 22.7 Å². The summed E-state index contributed by atoms with van der Waals surface area (Å²) in [5, 5.41) is 30.2. The molecule has 0 atom stereocenters. The summed E-state index contributed by atoms with van der Waals surface area (Å²) in [7, 11) is 0. The molecule has 0 bridgehead atoms. The van der Waals surface area contributed by atoms with Crippen LogP contribution in [0, 0.1) is 20.2 Å². The SMILES string of the molecule is CC(CC(C)=NNc1ccccc1[N+](=O)[O-])=NNc1ccccc1[N+](=O)[O-]. The van der Waals surface area contributed by atoms with E-state index in [4.69, 9.17) is 0 Å². The third kappa shape index (κ3) is 5.59. The molecule has 0 aliphatic heterocycles. The van der Waals surface area contributed by atoms with E-state index in [1.165, 1.54) is 12.1 Å². The first kappa shape index (κ1) is 19.5. The zero-order valence-electron chi connectivity index (χ0n) is 14.7. The highest BCUT2D eigenvalue weighted by Gasteiger charge is 2.12. The minimum Gasteiger partial charge on any atom is -0.272 e. The lowest BCUT2D eigenvalue weighted by Gasteiger charge is -2.05. The van der Waals surface area contributed by atoms with E-state index in [-0.39, 0.29) is 22.7 Å². The second kappa shape index (κ2) is 9.04. The first-order chi connectivity index (χ1) is 12.9. The lowest BCUT2D eigenvalue weighted by molar-refractivity contribution is -0.384. The van der Waals surface area contributed by atoms with Crippen LogP contribution in [0.5, 0.6) is 0 Å². The van der Waals surface area contributed by atoms with Gasteiger partial charge in [-0.1, -0.05) is 24.3 Å². The van der Waals surface area contributed by atoms with Crippen molar-refractivity contribution in [2.75, 3.05) is 10.9 Å². The summed E-state index contributed by atoms with van der Waals surface area (Å²) < 4.78 is 0. The summed E-state index contributed by atoms with van der Waals surface area (Å²) in [6, 6.07) is 12.4. The largest absolute Gasteiger partial charge is 0.294 e. The third-order valence-corrected chi connectivity index (χ3v) is 3.45. The number of hydrazone groups is 2. The third-order valence-electron chi connectivity index (χ3n) is 3.45. The second-order valence-electron chi connectivity index (χ2n) is 5.64. The molecule has 10 heteroatoms. The number of hydrogen-bond acceptors (Lipinski definition) is 8. The summed E-state index contributed by atoms with van der Waals surface area (Å²) in [6.07, 6.45) is 0.376. The van der Waals surface area contributed by atoms with E-state index in [2.05, 4.69) is 21.1 Å². The van der Waals surface area contributed by atoms with Crippen LogP contribution in [-0.2, 0) is 0 Å². The Morgan fingerprint density at radius 2 is 1.19 bits per heavy atom. The molecule has 2 aromatic rings. The predicted molar refractivity (Wildman–Crippen MR) is 104 cm³/mol. The monoisotopic (exact) mass is 370 g/mol. The van der Waals surface area contributed by atoms with Crippen molar-refractivity contribution in [1.82, 2.24) is 0 Å². The van der Waals surface area contributed by atoms with Gasteiger partial charge in [0.2, 0.25) is 0 Å². The fraction of sp³-hybridized carbons (Fsp3) is 0.176. The molecular weight excluding hydrogens is 352 g/mol. The van der Waals surface area contributed by atoms with Gasteiger partial charge >= 0.3 is 0 Å². The molecule has 10 nitrogen and oxygen atoms in total. The Morgan fingerprint density at radius 1 is 0.815 bits per heavy atom. The highest BCUT2D eigenvalue weighted by Crippen LogP contribution is 2.24. The van der Waals surface area contributed by atoms with Crippen LogP contribution < -0.4 is 10.9 Å². The van der Waals surface area contributed by atoms with Gasteiger partial charge in [-0.15, -0.1) is 0 Å². The van der Waals surface area contributed by atoms with Gasteiger partial charge < -0.3 is 0 Å². The molecule has 0 amide bonds. The maximum atomic E-state index is 11.0. The quantitative estimate of drug-likeness (QED) is 0.407. The van der Waals surface area contributed by atoms with Gasteiger partial charge in [-0.05, 0) is 26.0 Å². The van der Waals surface area contributed by atoms with Crippen LogP contribution in [0.25, 0.3) is 0 Å². The molecule has 0 aliphatic rings. The molecule has 0 heterocycles. The normalized spacial score (nSPS) is 11.8. The van der Waals surface area contributed by atoms with Crippen LogP contribution in [-0.4, -0.2) is 21.3 Å². The smallest absolute Gasteiger partial charge is 0.272 e. The zero-order valence-corrected chi connectivity index (χ0v) is 14.7. The lowest BCUT2D eigenvalue weighted by Crippen LogP contribution is -2.07. The van der Waals surface area contributed by atoms with Gasteiger partial charge in [0, 0.05) is 30.0 Å². The minimum atomic E-state index is -0.490. The average Bonchev–Trinajstić information content (AvgIpc) is 2.65. The summed E-state index contributed by atoms with van der Waals surface area (Å²) in [6.45, 7) is 3.48. The van der Waals surface area contributed by atoms with Gasteiger partial charge in [-0.25, -0.2) is 0 Å². The van der Waals surface area contributed by atoms with Crippen molar-refractivity contribution in [2.45, 2.75) is 20.3 Å². The van der Waals surface area contributed by atoms with Crippen molar-refractivity contribution in [3.63, 3.8) is 0 Å². The van der Waals surface area contributed by atoms with Crippen LogP contribution in [0.3, 0.4) is 0 Å². The first-order valence-electron chi connectivity index (χ1n) is 7.93. The minimum absolute atomic E-state index is 0.0718. The van der Waals surface area contributed by atoms with Crippen LogP contribution >= 0.6 is 0 Å². The highest BCUT2D eigenvalue weighted by molar-refractivity contribution is 6.02. The van der Waals surface area contributed by atoms with Gasteiger partial charge in [0.1, 0.15) is 11.4 Å². The molecule has 140 valence electrons. The van der Waals surface area contributed by atoms with Gasteiger partial charge in [0.05, 0.1) is 9.85 Å². The van der Waals surface area contributed by atoms with Gasteiger partial charge in [0.15, 0.2) is 0 Å². The van der Waals surface area contributed by atoms with Crippen LogP contribution in [0.2, 0.25) is 0 Å². The van der Waals surface area contributed by atoms with E-state index in [0.29, 0.717) is 17.8 Å². The molecular formula is C17H18N6O4. The zero-order chi connectivity index (χ0) is 19.8. The van der Waals surface area contributed by atoms with Gasteiger partial charge in [0.25, 0.3) is 11.4 Å². The maximum absolute atomic E-state index is 11.0. The van der Waals surface area contributed by atoms with Gasteiger partial charge in [-0.3, -0.25) is 31.1 Å². The van der Waals surface area contributed by atoms with Crippen molar-refractivity contribution >= 4 is 34.2 Å². The Bertz CT molecular complexity index is 836. The molecule has 0 aromatic heterocycles. The van der Waals surface area contributed by atoms with E-state index in [1.807, 2.05) is 0 Å². The molecule has 0 spiro atoms. The van der Waals surface area contributed by atoms with Crippen LogP contribution in [0.15, 0.2) is 58.7 Å². The summed E-state index contributed by atoms with van der Waals surface area (Å²) in [5.74, 6) is 0. The number of benzene rings is 2. The summed E-state index contributed by atoms with van der Waals surface area (Å²) in [5.41, 5.74) is 7.06. The number of anilines is 2. The number of nitrogens with zero attached hydrogens (tertiary/aromatic N) is 4. The standard InChI is InChI=1S/C17H18N6O4/c1-12(18-20-14-7-3-5-9-16(14)22(24)25)11-13(2)19-21-15-8-4-6-10-17(15)23(26)27/h3-10,20-21H,11H2,1-2H3. The van der Waals surface area contributed by atoms with Crippen molar-refractivity contribution in [1.29, 1.82) is 0 Å². The average molecular weight is 370 g/mol. The van der Waals surface area contributed by atoms with Crippen molar-refractivity contribution < 1.29 is 9.85 Å². The fourth-order valence-electron chi connectivity index (χ4n) is 2.22. The van der Waals surface area contributed by atoms with Crippen molar-refractivity contribution in [3.05, 3.63) is 68.8 Å². The van der Waals surface area contributed by atoms with E-state index in [1.54, 1.807) is 50.2 Å². The highest BCUT2D eigenvalue weighted by atomic mass is 16.6. The second-order valence-corrected chi connectivity index (χ2v) is 5.64. The number of para-hydroxylation sites is 4. The Morgan fingerprint density at radius 3 is 1.56 bits per heavy atom. The molecule has 0 radical (unpaired) electrons. The summed E-state index contributed by atoms with van der Waals surface area (Å²) in [4.78, 5) is 21.0. The number of nitro groups is 2. The molecule has 2 N–H and O–H groups in total. The Balaban J connectivity index is 2.02. The number of hydrogen-bond donors (Lipinski definition) is 2. The predicted octanol–water partition coefficient (Wildman–Crippen LogP) is 4.17. The van der Waals surface area contributed by atoms with E-state index < -0.39 is 9.85 Å². The number of rotatable bonds is 8. The van der Waals surface area contributed by atoms with Crippen molar-refractivity contribution in [3.8, 4) is 0 Å². The van der Waals surface area contributed by atoms with E-state index >= 15 is 0 Å². The maximum Gasteiger partial charge on any atom is 0.294 e. The number of nitrogens with one attached hydrogen (secondary N) is 2. The fourth-order valence-corrected chi connectivity index (χ4v) is 2.22. The van der Waals surface area contributed by atoms with Gasteiger partial charge in [-0.2, -0.15) is 10.2 Å². The van der Waals surface area contributed by atoms with Crippen molar-refractivity contribution in [2.24, 2.45) is 10.2 Å². The topological polar surface area (TPSA) is 135 Å². The molecule has 27 heavy (non-hydrogen) atoms. The van der Waals surface area contributed by atoms with Crippen LogP contribution in [0.1, 0.15) is 20.3 Å².